The SMILES string of the molecule is Cc1cc(C(=C2C=CC(=[NH+]c3c(C)cc(C)c(C)c3C)C(C(C)C)=C2)c2ccc(Nc3c(C)cc(C)c(C)c3C)c(C(C)C)c2)c(S(=O)(=O)[O-])cc1C. The summed E-state index contributed by atoms with van der Waals surface area (Å²) < 4.78 is 39.0. The third-order valence-corrected chi connectivity index (χ3v) is 12.2. The molecule has 0 spiro atoms. The van der Waals surface area contributed by atoms with Gasteiger partial charge in [-0.3, -0.25) is 0 Å². The lowest BCUT2D eigenvalue weighted by Gasteiger charge is -2.24. The van der Waals surface area contributed by atoms with Crippen molar-refractivity contribution in [3.05, 3.63) is 144 Å². The van der Waals surface area contributed by atoms with Gasteiger partial charge in [-0.15, -0.1) is 0 Å². The molecule has 5 rings (SSSR count). The van der Waals surface area contributed by atoms with E-state index in [9.17, 15) is 13.0 Å². The van der Waals surface area contributed by atoms with Crippen molar-refractivity contribution < 1.29 is 18.0 Å². The van der Waals surface area contributed by atoms with Gasteiger partial charge in [0.2, 0.25) is 11.4 Å². The molecule has 0 aromatic heterocycles. The number of hydrogen-bond donors (Lipinski definition) is 2. The van der Waals surface area contributed by atoms with Crippen LogP contribution in [0.5, 0.6) is 0 Å². The summed E-state index contributed by atoms with van der Waals surface area (Å²) in [6, 6.07) is 14.1. The molecule has 5 nitrogen and oxygen atoms in total. The van der Waals surface area contributed by atoms with E-state index in [1.807, 2.05) is 19.9 Å². The molecule has 0 heterocycles. The lowest BCUT2D eigenvalue weighted by atomic mass is 9.84. The van der Waals surface area contributed by atoms with E-state index in [-0.39, 0.29) is 16.7 Å². The molecule has 6 heteroatoms. The second-order valence-electron chi connectivity index (χ2n) is 15.7. The summed E-state index contributed by atoms with van der Waals surface area (Å²) >= 11 is 0. The molecule has 0 saturated heterocycles. The third-order valence-electron chi connectivity index (χ3n) is 11.3. The van der Waals surface area contributed by atoms with Gasteiger partial charge < -0.3 is 9.87 Å². The molecule has 278 valence electrons. The molecule has 1 aliphatic carbocycles. The number of anilines is 2. The molecule has 2 N–H and O–H groups in total. The van der Waals surface area contributed by atoms with E-state index in [0.717, 1.165) is 56.2 Å². The Morgan fingerprint density at radius 1 is 0.660 bits per heavy atom. The van der Waals surface area contributed by atoms with Crippen LogP contribution in [0.1, 0.15) is 106 Å². The number of rotatable bonds is 8. The molecule has 0 saturated carbocycles. The Morgan fingerprint density at radius 3 is 1.87 bits per heavy atom. The maximum atomic E-state index is 13.0. The van der Waals surface area contributed by atoms with Gasteiger partial charge in [0.15, 0.2) is 0 Å². The summed E-state index contributed by atoms with van der Waals surface area (Å²) in [5.41, 5.74) is 20.7. The molecule has 0 atom stereocenters. The molecule has 0 aliphatic heterocycles. The van der Waals surface area contributed by atoms with Gasteiger partial charge in [-0.2, -0.15) is 0 Å². The highest BCUT2D eigenvalue weighted by molar-refractivity contribution is 7.85. The highest BCUT2D eigenvalue weighted by atomic mass is 32.2. The molecule has 53 heavy (non-hydrogen) atoms. The largest absolute Gasteiger partial charge is 0.744 e. The topological polar surface area (TPSA) is 83.2 Å². The normalized spacial score (nSPS) is 15.1. The maximum absolute atomic E-state index is 13.0. The van der Waals surface area contributed by atoms with Gasteiger partial charge in [-0.1, -0.05) is 39.8 Å². The molecule has 4 aromatic carbocycles. The van der Waals surface area contributed by atoms with Gasteiger partial charge in [-0.25, -0.2) is 13.4 Å². The summed E-state index contributed by atoms with van der Waals surface area (Å²) in [4.78, 5) is 3.56. The van der Waals surface area contributed by atoms with Gasteiger partial charge >= 0.3 is 0 Å². The van der Waals surface area contributed by atoms with Crippen molar-refractivity contribution in [3.63, 3.8) is 0 Å². The Kier molecular flexibility index (Phi) is 11.3. The second kappa shape index (κ2) is 15.1. The molecule has 0 amide bonds. The molecular formula is C47H56N2O3S. The van der Waals surface area contributed by atoms with Crippen LogP contribution in [-0.2, 0) is 10.1 Å². The number of aryl methyl sites for hydroxylation is 6. The van der Waals surface area contributed by atoms with E-state index >= 15 is 0 Å². The first-order valence-electron chi connectivity index (χ1n) is 18.6. The Morgan fingerprint density at radius 2 is 1.26 bits per heavy atom. The zero-order valence-electron chi connectivity index (χ0n) is 34.1. The predicted octanol–water partition coefficient (Wildman–Crippen LogP) is 10.3. The molecular weight excluding hydrogens is 673 g/mol. The Hall–Kier alpha value is -4.52. The fraction of sp³-hybridized carbons (Fsp3) is 0.340. The van der Waals surface area contributed by atoms with Gasteiger partial charge in [0.25, 0.3) is 0 Å². The van der Waals surface area contributed by atoms with Gasteiger partial charge in [0, 0.05) is 39.7 Å². The van der Waals surface area contributed by atoms with Crippen LogP contribution in [0.2, 0.25) is 0 Å². The van der Waals surface area contributed by atoms with Crippen LogP contribution >= 0.6 is 0 Å². The van der Waals surface area contributed by atoms with Crippen LogP contribution in [0.15, 0.2) is 76.7 Å². The number of hydrogen-bond acceptors (Lipinski definition) is 4. The minimum Gasteiger partial charge on any atom is -0.744 e. The maximum Gasteiger partial charge on any atom is 0.210 e. The zero-order valence-corrected chi connectivity index (χ0v) is 34.9. The molecule has 1 aliphatic rings. The van der Waals surface area contributed by atoms with Crippen molar-refractivity contribution >= 4 is 38.5 Å². The van der Waals surface area contributed by atoms with E-state index in [1.165, 1.54) is 50.6 Å². The van der Waals surface area contributed by atoms with E-state index in [0.29, 0.717) is 11.1 Å². The van der Waals surface area contributed by atoms with Crippen LogP contribution in [0.3, 0.4) is 0 Å². The predicted molar refractivity (Wildman–Crippen MR) is 222 cm³/mol. The van der Waals surface area contributed by atoms with E-state index in [2.05, 4.69) is 142 Å². The van der Waals surface area contributed by atoms with E-state index < -0.39 is 10.1 Å². The fourth-order valence-corrected chi connectivity index (χ4v) is 8.26. The van der Waals surface area contributed by atoms with Gasteiger partial charge in [0.05, 0.1) is 4.90 Å². The van der Waals surface area contributed by atoms with Crippen molar-refractivity contribution in [2.24, 2.45) is 5.92 Å². The lowest BCUT2D eigenvalue weighted by molar-refractivity contribution is -0.353. The van der Waals surface area contributed by atoms with Crippen molar-refractivity contribution in [1.82, 2.24) is 0 Å². The summed E-state index contributed by atoms with van der Waals surface area (Å²) in [6.45, 7) is 29.7. The van der Waals surface area contributed by atoms with Crippen molar-refractivity contribution in [3.8, 4) is 0 Å². The minimum atomic E-state index is -4.81. The van der Waals surface area contributed by atoms with Crippen molar-refractivity contribution in [2.45, 2.75) is 108 Å². The standard InChI is InChI=1S/C47H56N2O3S/c1-25(2)39-23-37(15-17-42(39)48-46-31(9)19-29(7)33(11)35(46)13)45(41-21-27(5)28(6)22-44(41)53(50,51)52)38-16-18-43(40(24-38)26(3)4)49-47-32(10)20-30(8)34(12)36(47)14/h15-26,48H,1-14H3,(H,50,51,52). The smallest absolute Gasteiger partial charge is 0.210 e. The van der Waals surface area contributed by atoms with E-state index in [4.69, 9.17) is 0 Å². The molecule has 0 fully saturated rings. The lowest BCUT2D eigenvalue weighted by Crippen LogP contribution is -2.67. The second-order valence-corrected chi connectivity index (χ2v) is 17.0. The summed E-state index contributed by atoms with van der Waals surface area (Å²) in [5, 5.41) is 3.76. The monoisotopic (exact) mass is 728 g/mol. The van der Waals surface area contributed by atoms with Crippen LogP contribution in [0.25, 0.3) is 5.57 Å². The average Bonchev–Trinajstić information content (AvgIpc) is 3.08. The Labute approximate surface area is 318 Å². The highest BCUT2D eigenvalue weighted by Gasteiger charge is 2.26. The zero-order chi connectivity index (χ0) is 39.3. The quantitative estimate of drug-likeness (QED) is 0.177. The van der Waals surface area contributed by atoms with Crippen LogP contribution in [0, 0.1) is 75.2 Å². The minimum absolute atomic E-state index is 0.149. The highest BCUT2D eigenvalue weighted by Crippen LogP contribution is 2.40. The third kappa shape index (κ3) is 7.90. The summed E-state index contributed by atoms with van der Waals surface area (Å²) in [5.74, 6) is 0.297. The first-order valence-corrected chi connectivity index (χ1v) is 20.0. The number of nitrogens with one attached hydrogen (secondary N) is 2. The van der Waals surface area contributed by atoms with Crippen molar-refractivity contribution in [1.29, 1.82) is 0 Å². The number of benzene rings is 4. The first kappa shape index (κ1) is 39.7. The Bertz CT molecular complexity index is 2390. The van der Waals surface area contributed by atoms with Gasteiger partial charge in [-0.05, 0) is 190 Å². The molecule has 0 radical (unpaired) electrons. The van der Waals surface area contributed by atoms with Crippen LogP contribution in [0.4, 0.5) is 17.1 Å². The molecule has 4 aromatic rings. The summed E-state index contributed by atoms with van der Waals surface area (Å²) in [7, 11) is -4.81. The van der Waals surface area contributed by atoms with Crippen LogP contribution in [-0.4, -0.2) is 18.7 Å². The molecule has 0 unspecified atom stereocenters. The van der Waals surface area contributed by atoms with Crippen LogP contribution < -0.4 is 10.3 Å². The number of allylic oxidation sites excluding steroid dienone is 5. The first-order chi connectivity index (χ1) is 24.7. The molecule has 0 bridgehead atoms. The fourth-order valence-electron chi connectivity index (χ4n) is 7.51. The van der Waals surface area contributed by atoms with E-state index in [1.54, 1.807) is 0 Å². The Balaban J connectivity index is 1.81. The van der Waals surface area contributed by atoms with Gasteiger partial charge in [0.1, 0.15) is 10.1 Å². The summed E-state index contributed by atoms with van der Waals surface area (Å²) in [6.07, 6.45) is 6.30. The average molecular weight is 729 g/mol. The van der Waals surface area contributed by atoms with Crippen molar-refractivity contribution in [2.75, 3.05) is 5.32 Å².